The van der Waals surface area contributed by atoms with Crippen molar-refractivity contribution in [2.75, 3.05) is 20.1 Å². The van der Waals surface area contributed by atoms with Gasteiger partial charge < -0.3 is 5.32 Å². The number of rotatable bonds is 6. The van der Waals surface area contributed by atoms with Crippen molar-refractivity contribution in [3.63, 3.8) is 0 Å². The van der Waals surface area contributed by atoms with Crippen LogP contribution in [0.4, 0.5) is 13.2 Å². The second kappa shape index (κ2) is 8.19. The van der Waals surface area contributed by atoms with Crippen LogP contribution in [0.15, 0.2) is 23.1 Å². The predicted molar refractivity (Wildman–Crippen MR) is 77.4 cm³/mol. The van der Waals surface area contributed by atoms with Crippen LogP contribution in [0.2, 0.25) is 5.02 Å². The van der Waals surface area contributed by atoms with Crippen molar-refractivity contribution in [3.8, 4) is 0 Å². The van der Waals surface area contributed by atoms with Crippen LogP contribution >= 0.6 is 24.0 Å². The molecule has 0 amide bonds. The molecule has 0 saturated heterocycles. The predicted octanol–water partition coefficient (Wildman–Crippen LogP) is 2.67. The molecule has 4 nitrogen and oxygen atoms in total. The second-order valence-corrected chi connectivity index (χ2v) is 6.23. The van der Waals surface area contributed by atoms with Crippen LogP contribution in [0.5, 0.6) is 0 Å². The van der Waals surface area contributed by atoms with E-state index in [0.717, 1.165) is 6.07 Å². The largest absolute Gasteiger partial charge is 0.416 e. The highest BCUT2D eigenvalue weighted by molar-refractivity contribution is 7.89. The van der Waals surface area contributed by atoms with Crippen LogP contribution in [0, 0.1) is 0 Å². The fourth-order valence-corrected chi connectivity index (χ4v) is 2.88. The molecule has 0 aromatic heterocycles. The Balaban J connectivity index is 0.00000400. The average Bonchev–Trinajstić information content (AvgIpc) is 2.33. The highest BCUT2D eigenvalue weighted by Gasteiger charge is 2.32. The van der Waals surface area contributed by atoms with Crippen molar-refractivity contribution in [1.29, 1.82) is 0 Å². The second-order valence-electron chi connectivity index (χ2n) is 4.03. The molecule has 21 heavy (non-hydrogen) atoms. The molecule has 2 N–H and O–H groups in total. The summed E-state index contributed by atoms with van der Waals surface area (Å²) in [6, 6.07) is 2.23. The quantitative estimate of drug-likeness (QED) is 0.761. The molecular weight excluding hydrogens is 352 g/mol. The molecule has 0 aliphatic heterocycles. The molecule has 1 aromatic rings. The van der Waals surface area contributed by atoms with Gasteiger partial charge in [-0.25, -0.2) is 13.1 Å². The summed E-state index contributed by atoms with van der Waals surface area (Å²) in [7, 11) is -2.30. The van der Waals surface area contributed by atoms with Crippen molar-refractivity contribution in [2.45, 2.75) is 17.5 Å². The first-order valence-electron chi connectivity index (χ1n) is 5.69. The van der Waals surface area contributed by atoms with Gasteiger partial charge in [-0.3, -0.25) is 0 Å². The zero-order valence-electron chi connectivity index (χ0n) is 11.0. The Hall–Kier alpha value is -0.540. The van der Waals surface area contributed by atoms with Gasteiger partial charge in [0.2, 0.25) is 10.0 Å². The van der Waals surface area contributed by atoms with Gasteiger partial charge in [-0.05, 0) is 38.2 Å². The Labute approximate surface area is 132 Å². The van der Waals surface area contributed by atoms with E-state index in [1.54, 1.807) is 7.05 Å². The fraction of sp³-hybridized carbons (Fsp3) is 0.455. The Morgan fingerprint density at radius 2 is 1.81 bits per heavy atom. The topological polar surface area (TPSA) is 58.2 Å². The Morgan fingerprint density at radius 3 is 2.33 bits per heavy atom. The van der Waals surface area contributed by atoms with Crippen LogP contribution < -0.4 is 10.0 Å². The van der Waals surface area contributed by atoms with Gasteiger partial charge in [-0.2, -0.15) is 13.2 Å². The lowest BCUT2D eigenvalue weighted by atomic mass is 10.2. The maximum Gasteiger partial charge on any atom is 0.416 e. The van der Waals surface area contributed by atoms with Crippen molar-refractivity contribution in [1.82, 2.24) is 10.0 Å². The van der Waals surface area contributed by atoms with E-state index in [4.69, 9.17) is 11.6 Å². The Morgan fingerprint density at radius 1 is 1.19 bits per heavy atom. The van der Waals surface area contributed by atoms with Crippen LogP contribution in [-0.2, 0) is 16.2 Å². The highest BCUT2D eigenvalue weighted by atomic mass is 35.5. The zero-order valence-corrected chi connectivity index (χ0v) is 13.4. The third kappa shape index (κ3) is 6.39. The minimum atomic E-state index is -4.65. The molecular formula is C11H15Cl2F3N2O2S. The number of nitrogens with one attached hydrogen (secondary N) is 2. The van der Waals surface area contributed by atoms with Gasteiger partial charge in [-0.1, -0.05) is 11.6 Å². The fourth-order valence-electron chi connectivity index (χ4n) is 1.44. The molecule has 1 rings (SSSR count). The van der Waals surface area contributed by atoms with Crippen LogP contribution in [0.3, 0.4) is 0 Å². The third-order valence-electron chi connectivity index (χ3n) is 2.40. The van der Waals surface area contributed by atoms with Gasteiger partial charge in [0, 0.05) is 11.6 Å². The molecule has 0 radical (unpaired) electrons. The first-order chi connectivity index (χ1) is 9.16. The van der Waals surface area contributed by atoms with E-state index >= 15 is 0 Å². The SMILES string of the molecule is CNCCCNS(=O)(=O)c1cc(Cl)cc(C(F)(F)F)c1.Cl. The third-order valence-corrected chi connectivity index (χ3v) is 4.06. The number of benzene rings is 1. The van der Waals surface area contributed by atoms with E-state index in [0.29, 0.717) is 25.1 Å². The molecule has 0 aliphatic rings. The summed E-state index contributed by atoms with van der Waals surface area (Å²) in [4.78, 5) is -0.498. The van der Waals surface area contributed by atoms with E-state index in [9.17, 15) is 21.6 Å². The standard InChI is InChI=1S/C11H14ClF3N2O2S.ClH/c1-16-3-2-4-17-20(18,19)10-6-8(11(13,14)15)5-9(12)7-10;/h5-7,16-17H,2-4H2,1H3;1H. The lowest BCUT2D eigenvalue weighted by Gasteiger charge is -2.11. The van der Waals surface area contributed by atoms with Crippen LogP contribution in [-0.4, -0.2) is 28.6 Å². The smallest absolute Gasteiger partial charge is 0.320 e. The van der Waals surface area contributed by atoms with Gasteiger partial charge in [-0.15, -0.1) is 12.4 Å². The molecule has 0 saturated carbocycles. The van der Waals surface area contributed by atoms with Crippen LogP contribution in [0.1, 0.15) is 12.0 Å². The lowest BCUT2D eigenvalue weighted by molar-refractivity contribution is -0.137. The molecule has 122 valence electrons. The van der Waals surface area contributed by atoms with E-state index in [1.165, 1.54) is 0 Å². The first kappa shape index (κ1) is 20.5. The molecule has 0 bridgehead atoms. The van der Waals surface area contributed by atoms with Crippen molar-refractivity contribution >= 4 is 34.0 Å². The van der Waals surface area contributed by atoms with E-state index in [1.807, 2.05) is 0 Å². The van der Waals surface area contributed by atoms with Gasteiger partial charge in [0.1, 0.15) is 0 Å². The monoisotopic (exact) mass is 366 g/mol. The van der Waals surface area contributed by atoms with Crippen molar-refractivity contribution in [2.24, 2.45) is 0 Å². The van der Waals surface area contributed by atoms with Crippen molar-refractivity contribution < 1.29 is 21.6 Å². The summed E-state index contributed by atoms with van der Waals surface area (Å²) in [6.07, 6.45) is -4.14. The summed E-state index contributed by atoms with van der Waals surface area (Å²) < 4.78 is 63.8. The Bertz CT molecular complexity index is 565. The number of hydrogen-bond acceptors (Lipinski definition) is 3. The van der Waals surface area contributed by atoms with E-state index in [2.05, 4.69) is 10.0 Å². The number of alkyl halides is 3. The molecule has 0 fully saturated rings. The minimum absolute atomic E-state index is 0. The number of halogens is 5. The maximum absolute atomic E-state index is 12.6. The molecule has 0 atom stereocenters. The summed E-state index contributed by atoms with van der Waals surface area (Å²) in [5, 5.41) is 2.55. The van der Waals surface area contributed by atoms with Gasteiger partial charge in [0.05, 0.1) is 10.5 Å². The summed E-state index contributed by atoms with van der Waals surface area (Å²) in [5.41, 5.74) is -1.10. The zero-order chi connectivity index (χ0) is 15.4. The average molecular weight is 367 g/mol. The van der Waals surface area contributed by atoms with Gasteiger partial charge in [0.25, 0.3) is 0 Å². The van der Waals surface area contributed by atoms with Gasteiger partial charge >= 0.3 is 6.18 Å². The van der Waals surface area contributed by atoms with Crippen LogP contribution in [0.25, 0.3) is 0 Å². The maximum atomic E-state index is 12.6. The summed E-state index contributed by atoms with van der Waals surface area (Å²) >= 11 is 5.54. The molecule has 10 heteroatoms. The van der Waals surface area contributed by atoms with Crippen molar-refractivity contribution in [3.05, 3.63) is 28.8 Å². The van der Waals surface area contributed by atoms with E-state index < -0.39 is 26.7 Å². The molecule has 0 spiro atoms. The van der Waals surface area contributed by atoms with Gasteiger partial charge in [0.15, 0.2) is 0 Å². The lowest BCUT2D eigenvalue weighted by Crippen LogP contribution is -2.27. The summed E-state index contributed by atoms with van der Waals surface area (Å²) in [6.45, 7) is 0.711. The number of hydrogen-bond donors (Lipinski definition) is 2. The molecule has 0 unspecified atom stereocenters. The highest BCUT2D eigenvalue weighted by Crippen LogP contribution is 2.32. The first-order valence-corrected chi connectivity index (χ1v) is 7.55. The molecule has 1 aromatic carbocycles. The summed E-state index contributed by atoms with van der Waals surface area (Å²) in [5.74, 6) is 0. The minimum Gasteiger partial charge on any atom is -0.320 e. The normalized spacial score (nSPS) is 12.0. The van der Waals surface area contributed by atoms with E-state index in [-0.39, 0.29) is 24.0 Å². The number of sulfonamides is 1. The molecule has 0 aliphatic carbocycles. The Kier molecular flexibility index (Phi) is 7.98. The molecule has 0 heterocycles.